The Bertz CT molecular complexity index is 713. The largest absolute Gasteiger partial charge is 0.497 e. The second-order valence-corrected chi connectivity index (χ2v) is 7.53. The molecule has 2 rings (SSSR count). The number of nitrogens with zero attached hydrogens (tertiary/aromatic N) is 1. The van der Waals surface area contributed by atoms with Crippen LogP contribution in [0.1, 0.15) is 12.8 Å². The van der Waals surface area contributed by atoms with Crippen molar-refractivity contribution in [3.63, 3.8) is 0 Å². The molecule has 0 spiro atoms. The molecular weight excluding hydrogens is 350 g/mol. The third-order valence-corrected chi connectivity index (χ3v) is 5.58. The van der Waals surface area contributed by atoms with E-state index in [0.717, 1.165) is 0 Å². The van der Waals surface area contributed by atoms with Crippen molar-refractivity contribution in [3.05, 3.63) is 24.3 Å². The number of hydrogen-bond donors (Lipinski definition) is 3. The number of sulfonamides is 1. The van der Waals surface area contributed by atoms with Gasteiger partial charge in [0.2, 0.25) is 10.0 Å². The number of amides is 2. The lowest BCUT2D eigenvalue weighted by atomic mass is 10.2. The predicted molar refractivity (Wildman–Crippen MR) is 88.9 cm³/mol. The van der Waals surface area contributed by atoms with E-state index in [1.807, 2.05) is 0 Å². The first kappa shape index (κ1) is 19.0. The van der Waals surface area contributed by atoms with E-state index >= 15 is 0 Å². The number of carboxylic acid groups (broad SMARTS) is 1. The zero-order valence-electron chi connectivity index (χ0n) is 13.8. The molecule has 10 heteroatoms. The summed E-state index contributed by atoms with van der Waals surface area (Å²) in [5.74, 6) is -0.345. The summed E-state index contributed by atoms with van der Waals surface area (Å²) in [6, 6.07) is 5.40. The van der Waals surface area contributed by atoms with Gasteiger partial charge in [-0.05, 0) is 30.7 Å². The van der Waals surface area contributed by atoms with Crippen molar-refractivity contribution >= 4 is 22.0 Å². The average molecular weight is 371 g/mol. The lowest BCUT2D eigenvalue weighted by Gasteiger charge is -2.38. The van der Waals surface area contributed by atoms with Crippen LogP contribution in [0.2, 0.25) is 0 Å². The second kappa shape index (κ2) is 8.17. The van der Waals surface area contributed by atoms with E-state index in [9.17, 15) is 18.0 Å². The van der Waals surface area contributed by atoms with Crippen molar-refractivity contribution in [1.29, 1.82) is 0 Å². The molecule has 0 aromatic heterocycles. The predicted octanol–water partition coefficient (Wildman–Crippen LogP) is 0.232. The Hall–Kier alpha value is -2.33. The summed E-state index contributed by atoms with van der Waals surface area (Å²) in [6.07, 6.45) is 0.322. The highest BCUT2D eigenvalue weighted by Crippen LogP contribution is 2.23. The minimum absolute atomic E-state index is 0.0163. The van der Waals surface area contributed by atoms with Crippen molar-refractivity contribution in [3.8, 4) is 5.75 Å². The Morgan fingerprint density at radius 1 is 1.28 bits per heavy atom. The van der Waals surface area contributed by atoms with Gasteiger partial charge in [-0.3, -0.25) is 4.79 Å². The van der Waals surface area contributed by atoms with E-state index in [1.165, 1.54) is 23.5 Å². The zero-order valence-corrected chi connectivity index (χ0v) is 14.6. The van der Waals surface area contributed by atoms with Gasteiger partial charge in [0.05, 0.1) is 18.0 Å². The third-order valence-electron chi connectivity index (χ3n) is 3.73. The smallest absolute Gasteiger partial charge is 0.315 e. The molecule has 1 aliphatic rings. The van der Waals surface area contributed by atoms with Crippen molar-refractivity contribution in [2.75, 3.05) is 26.7 Å². The summed E-state index contributed by atoms with van der Waals surface area (Å²) in [5, 5.41) is 13.7. The van der Waals surface area contributed by atoms with Gasteiger partial charge in [0.1, 0.15) is 5.75 Å². The topological polar surface area (TPSA) is 125 Å². The first-order valence-corrected chi connectivity index (χ1v) is 9.17. The highest BCUT2D eigenvalue weighted by atomic mass is 32.2. The van der Waals surface area contributed by atoms with E-state index < -0.39 is 22.0 Å². The number of nitrogens with one attached hydrogen (secondary N) is 2. The Morgan fingerprint density at radius 2 is 1.92 bits per heavy atom. The third kappa shape index (κ3) is 5.07. The van der Waals surface area contributed by atoms with Crippen LogP contribution in [0.25, 0.3) is 0 Å². The zero-order chi connectivity index (χ0) is 18.4. The van der Waals surface area contributed by atoms with Crippen molar-refractivity contribution in [2.45, 2.75) is 23.8 Å². The molecule has 9 nitrogen and oxygen atoms in total. The molecule has 1 aromatic carbocycles. The number of urea groups is 1. The van der Waals surface area contributed by atoms with Crippen molar-refractivity contribution < 1.29 is 27.9 Å². The standard InChI is InChI=1S/C15H21N3O6S/c1-24-12-4-6-13(7-5-12)25(22,23)18-9-11(10-18)17-15(21)16-8-2-3-14(19)20/h4-7,11H,2-3,8-10H2,1H3,(H,19,20)(H2,16,17,21). The number of carbonyl (C=O) groups excluding carboxylic acids is 1. The summed E-state index contributed by atoms with van der Waals surface area (Å²) in [6.45, 7) is 0.631. The minimum Gasteiger partial charge on any atom is -0.497 e. The van der Waals surface area contributed by atoms with E-state index in [2.05, 4.69) is 10.6 Å². The Kier molecular flexibility index (Phi) is 6.21. The van der Waals surface area contributed by atoms with Gasteiger partial charge in [0.25, 0.3) is 0 Å². The maximum Gasteiger partial charge on any atom is 0.315 e. The fourth-order valence-electron chi connectivity index (χ4n) is 2.30. The van der Waals surface area contributed by atoms with Crippen LogP contribution in [0.4, 0.5) is 4.79 Å². The molecule has 25 heavy (non-hydrogen) atoms. The van der Waals surface area contributed by atoms with Crippen molar-refractivity contribution in [2.24, 2.45) is 0 Å². The number of carbonyl (C=O) groups is 2. The summed E-state index contributed by atoms with van der Waals surface area (Å²) in [4.78, 5) is 22.2. The molecule has 1 aliphatic heterocycles. The summed E-state index contributed by atoms with van der Waals surface area (Å²) >= 11 is 0. The van der Waals surface area contributed by atoms with Crippen molar-refractivity contribution in [1.82, 2.24) is 14.9 Å². The molecule has 1 heterocycles. The lowest BCUT2D eigenvalue weighted by molar-refractivity contribution is -0.137. The number of carboxylic acids is 1. The fraction of sp³-hybridized carbons (Fsp3) is 0.467. The summed E-state index contributed by atoms with van der Waals surface area (Å²) < 4.78 is 31.1. The van der Waals surface area contributed by atoms with Crippen LogP contribution in [-0.4, -0.2) is 62.6 Å². The summed E-state index contributed by atoms with van der Waals surface area (Å²) in [5.41, 5.74) is 0. The number of ether oxygens (including phenoxy) is 1. The SMILES string of the molecule is COc1ccc(S(=O)(=O)N2CC(NC(=O)NCCCC(=O)O)C2)cc1. The van der Waals surface area contributed by atoms with Crippen LogP contribution in [0.3, 0.4) is 0 Å². The fourth-order valence-corrected chi connectivity index (χ4v) is 3.83. The molecule has 138 valence electrons. The molecule has 1 fully saturated rings. The number of methoxy groups -OCH3 is 1. The van der Waals surface area contributed by atoms with Gasteiger partial charge in [-0.1, -0.05) is 0 Å². The van der Waals surface area contributed by atoms with E-state index in [-0.39, 0.29) is 37.0 Å². The molecule has 1 saturated heterocycles. The quantitative estimate of drug-likeness (QED) is 0.562. The van der Waals surface area contributed by atoms with Gasteiger partial charge in [-0.25, -0.2) is 13.2 Å². The van der Waals surface area contributed by atoms with Gasteiger partial charge in [-0.15, -0.1) is 0 Å². The molecular formula is C15H21N3O6S. The molecule has 1 aromatic rings. The second-order valence-electron chi connectivity index (χ2n) is 5.59. The number of aliphatic carboxylic acids is 1. The first-order chi connectivity index (χ1) is 11.8. The van der Waals surface area contributed by atoms with Crippen LogP contribution >= 0.6 is 0 Å². The van der Waals surface area contributed by atoms with E-state index in [1.54, 1.807) is 12.1 Å². The van der Waals surface area contributed by atoms with E-state index in [0.29, 0.717) is 12.2 Å². The molecule has 2 amide bonds. The van der Waals surface area contributed by atoms with Crippen LogP contribution in [-0.2, 0) is 14.8 Å². The van der Waals surface area contributed by atoms with Crippen LogP contribution < -0.4 is 15.4 Å². The molecule has 0 atom stereocenters. The molecule has 0 radical (unpaired) electrons. The molecule has 0 aliphatic carbocycles. The molecule has 3 N–H and O–H groups in total. The number of rotatable bonds is 8. The Labute approximate surface area is 146 Å². The van der Waals surface area contributed by atoms with Gasteiger partial charge >= 0.3 is 12.0 Å². The highest BCUT2D eigenvalue weighted by Gasteiger charge is 2.37. The molecule has 0 saturated carbocycles. The van der Waals surface area contributed by atoms with Gasteiger partial charge in [-0.2, -0.15) is 4.31 Å². The lowest BCUT2D eigenvalue weighted by Crippen LogP contribution is -2.62. The number of hydrogen-bond acceptors (Lipinski definition) is 5. The normalized spacial score (nSPS) is 15.2. The van der Waals surface area contributed by atoms with Crippen LogP contribution in [0.15, 0.2) is 29.2 Å². The van der Waals surface area contributed by atoms with E-state index in [4.69, 9.17) is 9.84 Å². The van der Waals surface area contributed by atoms with Gasteiger partial charge < -0.3 is 20.5 Å². The highest BCUT2D eigenvalue weighted by molar-refractivity contribution is 7.89. The molecule has 0 unspecified atom stereocenters. The maximum absolute atomic E-state index is 12.4. The Morgan fingerprint density at radius 3 is 2.48 bits per heavy atom. The minimum atomic E-state index is -3.59. The first-order valence-electron chi connectivity index (χ1n) is 7.73. The van der Waals surface area contributed by atoms with Gasteiger partial charge in [0, 0.05) is 26.1 Å². The molecule has 0 bridgehead atoms. The Balaban J connectivity index is 1.77. The summed E-state index contributed by atoms with van der Waals surface area (Å²) in [7, 11) is -2.08. The maximum atomic E-state index is 12.4. The van der Waals surface area contributed by atoms with Crippen LogP contribution in [0.5, 0.6) is 5.75 Å². The van der Waals surface area contributed by atoms with Gasteiger partial charge in [0.15, 0.2) is 0 Å². The number of benzene rings is 1. The monoisotopic (exact) mass is 371 g/mol. The van der Waals surface area contributed by atoms with Crippen LogP contribution in [0, 0.1) is 0 Å². The average Bonchev–Trinajstić information content (AvgIpc) is 2.54.